The van der Waals surface area contributed by atoms with E-state index in [1.807, 2.05) is 44.2 Å². The minimum atomic E-state index is -4.24. The molecule has 0 unspecified atom stereocenters. The van der Waals surface area contributed by atoms with Crippen molar-refractivity contribution >= 4 is 27.5 Å². The van der Waals surface area contributed by atoms with Gasteiger partial charge in [-0.25, -0.2) is 12.8 Å². The fourth-order valence-electron chi connectivity index (χ4n) is 4.99. The van der Waals surface area contributed by atoms with Gasteiger partial charge in [0.25, 0.3) is 10.0 Å². The molecule has 0 saturated carbocycles. The van der Waals surface area contributed by atoms with Crippen LogP contribution in [0.3, 0.4) is 0 Å². The second-order valence-corrected chi connectivity index (χ2v) is 12.6. The van der Waals surface area contributed by atoms with Crippen LogP contribution in [-0.2, 0) is 32.6 Å². The zero-order chi connectivity index (χ0) is 32.9. The lowest BCUT2D eigenvalue weighted by Gasteiger charge is -2.34. The van der Waals surface area contributed by atoms with Crippen LogP contribution in [0.15, 0.2) is 114 Å². The number of rotatable bonds is 16. The molecule has 0 fully saturated rings. The molecule has 1 atom stereocenters. The molecule has 0 spiro atoms. The summed E-state index contributed by atoms with van der Waals surface area (Å²) >= 11 is 0. The Balaban J connectivity index is 1.79. The van der Waals surface area contributed by atoms with Gasteiger partial charge in [0.15, 0.2) is 0 Å². The second-order valence-electron chi connectivity index (χ2n) is 10.7. The van der Waals surface area contributed by atoms with Crippen molar-refractivity contribution in [3.8, 4) is 5.75 Å². The Hall–Kier alpha value is -4.70. The molecule has 8 nitrogen and oxygen atoms in total. The number of nitrogens with zero attached hydrogens (tertiary/aromatic N) is 2. The quantitative estimate of drug-likeness (QED) is 0.151. The van der Waals surface area contributed by atoms with E-state index in [1.165, 1.54) is 23.1 Å². The lowest BCUT2D eigenvalue weighted by molar-refractivity contribution is -0.140. The molecule has 0 heterocycles. The summed E-state index contributed by atoms with van der Waals surface area (Å²) < 4.78 is 49.7. The van der Waals surface area contributed by atoms with Crippen molar-refractivity contribution in [2.24, 2.45) is 0 Å². The number of unbranched alkanes of at least 4 members (excludes halogenated alkanes) is 1. The van der Waals surface area contributed by atoms with E-state index in [1.54, 1.807) is 60.7 Å². The first-order valence-corrected chi connectivity index (χ1v) is 16.8. The van der Waals surface area contributed by atoms with Crippen LogP contribution >= 0.6 is 0 Å². The molecule has 0 aliphatic heterocycles. The average molecular weight is 646 g/mol. The van der Waals surface area contributed by atoms with Crippen LogP contribution in [0.1, 0.15) is 37.8 Å². The molecule has 0 bridgehead atoms. The number of anilines is 1. The van der Waals surface area contributed by atoms with Crippen molar-refractivity contribution in [3.05, 3.63) is 126 Å². The number of nitrogens with one attached hydrogen (secondary N) is 1. The van der Waals surface area contributed by atoms with Crippen molar-refractivity contribution in [2.45, 2.75) is 50.6 Å². The monoisotopic (exact) mass is 645 g/mol. The summed E-state index contributed by atoms with van der Waals surface area (Å²) in [6.07, 6.45) is 1.75. The van der Waals surface area contributed by atoms with Crippen LogP contribution in [-0.4, -0.2) is 50.9 Å². The Morgan fingerprint density at radius 2 is 1.48 bits per heavy atom. The minimum absolute atomic E-state index is 0.00418. The fourth-order valence-corrected chi connectivity index (χ4v) is 6.43. The van der Waals surface area contributed by atoms with Gasteiger partial charge in [0.1, 0.15) is 24.2 Å². The molecule has 0 saturated heterocycles. The van der Waals surface area contributed by atoms with Crippen LogP contribution in [0.25, 0.3) is 0 Å². The number of hydrogen-bond donors (Lipinski definition) is 1. The Labute approximate surface area is 270 Å². The number of amides is 2. The molecule has 4 rings (SSSR count). The Bertz CT molecular complexity index is 1670. The third-order valence-corrected chi connectivity index (χ3v) is 9.23. The summed E-state index contributed by atoms with van der Waals surface area (Å²) in [5, 5.41) is 2.93. The topological polar surface area (TPSA) is 96.0 Å². The molecule has 10 heteroatoms. The number of ether oxygens (including phenoxy) is 1. The first-order chi connectivity index (χ1) is 22.2. The number of benzene rings is 4. The summed E-state index contributed by atoms with van der Waals surface area (Å²) in [6.45, 7) is 3.80. The predicted octanol–water partition coefficient (Wildman–Crippen LogP) is 5.98. The smallest absolute Gasteiger partial charge is 0.264 e. The number of hydrogen-bond acceptors (Lipinski definition) is 5. The van der Waals surface area contributed by atoms with Crippen LogP contribution in [0.4, 0.5) is 10.1 Å². The fraction of sp³-hybridized carbons (Fsp3) is 0.278. The molecular weight excluding hydrogens is 605 g/mol. The highest BCUT2D eigenvalue weighted by Gasteiger charge is 2.35. The zero-order valence-electron chi connectivity index (χ0n) is 26.1. The molecule has 4 aromatic rings. The van der Waals surface area contributed by atoms with Crippen LogP contribution in [0, 0.1) is 5.82 Å². The highest BCUT2D eigenvalue weighted by atomic mass is 32.2. The molecule has 4 aromatic carbocycles. The molecule has 0 aliphatic carbocycles. The van der Waals surface area contributed by atoms with E-state index in [0.717, 1.165) is 22.7 Å². The molecule has 2 amide bonds. The van der Waals surface area contributed by atoms with Gasteiger partial charge in [0, 0.05) is 25.1 Å². The van der Waals surface area contributed by atoms with Crippen LogP contribution in [0.2, 0.25) is 0 Å². The molecule has 46 heavy (non-hydrogen) atoms. The average Bonchev–Trinajstić information content (AvgIpc) is 3.07. The first kappa shape index (κ1) is 34.2. The van der Waals surface area contributed by atoms with Crippen LogP contribution < -0.4 is 14.4 Å². The normalized spacial score (nSPS) is 11.8. The third-order valence-electron chi connectivity index (χ3n) is 7.44. The molecule has 242 valence electrons. The Morgan fingerprint density at radius 1 is 0.848 bits per heavy atom. The Morgan fingerprint density at radius 3 is 2.11 bits per heavy atom. The van der Waals surface area contributed by atoms with Gasteiger partial charge in [-0.05, 0) is 61.4 Å². The van der Waals surface area contributed by atoms with Gasteiger partial charge < -0.3 is 15.0 Å². The van der Waals surface area contributed by atoms with E-state index >= 15 is 4.39 Å². The van der Waals surface area contributed by atoms with Crippen molar-refractivity contribution in [3.63, 3.8) is 0 Å². The number of carbonyl (C=O) groups excluding carboxylic acids is 2. The highest BCUT2D eigenvalue weighted by molar-refractivity contribution is 7.92. The van der Waals surface area contributed by atoms with E-state index in [9.17, 15) is 18.0 Å². The van der Waals surface area contributed by atoms with Crippen LogP contribution in [0.5, 0.6) is 5.75 Å². The van der Waals surface area contributed by atoms with Crippen molar-refractivity contribution in [1.82, 2.24) is 10.2 Å². The first-order valence-electron chi connectivity index (χ1n) is 15.4. The molecular formula is C36H40FN3O5S. The number of halogens is 1. The van der Waals surface area contributed by atoms with Crippen molar-refractivity contribution < 1.29 is 27.1 Å². The van der Waals surface area contributed by atoms with E-state index in [4.69, 9.17) is 4.74 Å². The van der Waals surface area contributed by atoms with Gasteiger partial charge in [-0.1, -0.05) is 80.1 Å². The maximum absolute atomic E-state index is 15.0. The molecule has 0 aromatic heterocycles. The van der Waals surface area contributed by atoms with E-state index < -0.39 is 40.2 Å². The summed E-state index contributed by atoms with van der Waals surface area (Å²) in [4.78, 5) is 29.5. The maximum Gasteiger partial charge on any atom is 0.264 e. The van der Waals surface area contributed by atoms with Crippen molar-refractivity contribution in [2.75, 3.05) is 24.0 Å². The summed E-state index contributed by atoms with van der Waals surface area (Å²) in [6, 6.07) is 28.4. The number of carbonyl (C=O) groups is 2. The highest BCUT2D eigenvalue weighted by Crippen LogP contribution is 2.27. The SMILES string of the molecule is CCCCNC(=O)[C@@H](Cc1ccccc1)N(Cc1ccccc1F)C(=O)CN(c1ccc(OCC)cc1)S(=O)(=O)c1ccccc1. The lowest BCUT2D eigenvalue weighted by atomic mass is 10.0. The predicted molar refractivity (Wildman–Crippen MR) is 177 cm³/mol. The van der Waals surface area contributed by atoms with Gasteiger partial charge >= 0.3 is 0 Å². The Kier molecular flexibility index (Phi) is 12.3. The summed E-state index contributed by atoms with van der Waals surface area (Å²) in [5.41, 5.74) is 1.23. The minimum Gasteiger partial charge on any atom is -0.494 e. The van der Waals surface area contributed by atoms with E-state index in [0.29, 0.717) is 18.9 Å². The lowest BCUT2D eigenvalue weighted by Crippen LogP contribution is -2.53. The van der Waals surface area contributed by atoms with E-state index in [-0.39, 0.29) is 29.1 Å². The van der Waals surface area contributed by atoms with Gasteiger partial charge in [-0.3, -0.25) is 13.9 Å². The molecule has 0 radical (unpaired) electrons. The number of sulfonamides is 1. The zero-order valence-corrected chi connectivity index (χ0v) is 27.0. The van der Waals surface area contributed by atoms with Gasteiger partial charge in [0.05, 0.1) is 17.2 Å². The van der Waals surface area contributed by atoms with Crippen molar-refractivity contribution in [1.29, 1.82) is 0 Å². The third kappa shape index (κ3) is 8.94. The van der Waals surface area contributed by atoms with Gasteiger partial charge in [-0.2, -0.15) is 0 Å². The summed E-state index contributed by atoms with van der Waals surface area (Å²) in [7, 11) is -4.24. The standard InChI is InChI=1S/C36H40FN3O5S/c1-3-5-24-38-36(42)34(25-28-14-8-6-9-15-28)39(26-29-16-12-13-19-33(29)37)35(41)27-40(30-20-22-31(23-21-30)45-4-2)46(43,44)32-17-10-7-11-18-32/h6-23,34H,3-5,24-27H2,1-2H3,(H,38,42)/t34-/m1/s1. The van der Waals surface area contributed by atoms with Gasteiger partial charge in [0.2, 0.25) is 11.8 Å². The maximum atomic E-state index is 15.0. The second kappa shape index (κ2) is 16.6. The molecule has 0 aliphatic rings. The van der Waals surface area contributed by atoms with Gasteiger partial charge in [-0.15, -0.1) is 0 Å². The van der Waals surface area contributed by atoms with E-state index in [2.05, 4.69) is 5.32 Å². The largest absolute Gasteiger partial charge is 0.494 e. The molecule has 1 N–H and O–H groups in total. The summed E-state index contributed by atoms with van der Waals surface area (Å²) in [5.74, 6) is -1.06.